The number of nitrogens with zero attached hydrogens (tertiary/aromatic N) is 4. The third kappa shape index (κ3) is 2.41. The molecule has 1 atom stereocenters. The molecule has 17 heavy (non-hydrogen) atoms. The lowest BCUT2D eigenvalue weighted by Crippen LogP contribution is -2.17. The van der Waals surface area contributed by atoms with E-state index in [0.717, 1.165) is 11.4 Å². The van der Waals surface area contributed by atoms with Crippen molar-refractivity contribution in [3.8, 4) is 5.69 Å². The maximum Gasteiger partial charge on any atom is 0.143 e. The fourth-order valence-electron chi connectivity index (χ4n) is 1.87. The second-order valence-electron chi connectivity index (χ2n) is 4.01. The summed E-state index contributed by atoms with van der Waals surface area (Å²) in [5, 5.41) is 14.6. The van der Waals surface area contributed by atoms with Crippen LogP contribution in [0.3, 0.4) is 0 Å². The minimum absolute atomic E-state index is 0.610. The first-order chi connectivity index (χ1) is 8.42. The monoisotopic (exact) mass is 247 g/mol. The zero-order valence-corrected chi connectivity index (χ0v) is 10.1. The predicted molar refractivity (Wildman–Crippen MR) is 68.5 cm³/mol. The van der Waals surface area contributed by atoms with E-state index in [4.69, 9.17) is 0 Å². The number of tetrazole rings is 1. The van der Waals surface area contributed by atoms with Gasteiger partial charge < -0.3 is 5.32 Å². The average Bonchev–Trinajstić information content (AvgIpc) is 3.01. The van der Waals surface area contributed by atoms with Crippen LogP contribution in [0.1, 0.15) is 6.42 Å². The minimum atomic E-state index is 0.610. The predicted octanol–water partition coefficient (Wildman–Crippen LogP) is 1.58. The van der Waals surface area contributed by atoms with Crippen LogP contribution in [0.2, 0.25) is 0 Å². The first-order valence-electron chi connectivity index (χ1n) is 5.59. The van der Waals surface area contributed by atoms with Gasteiger partial charge in [-0.15, -0.1) is 5.10 Å². The van der Waals surface area contributed by atoms with Crippen molar-refractivity contribution in [1.29, 1.82) is 0 Å². The Balaban J connectivity index is 1.71. The number of hydrogen-bond donors (Lipinski definition) is 1. The second kappa shape index (κ2) is 4.75. The highest BCUT2D eigenvalue weighted by Gasteiger charge is 2.14. The number of rotatable bonds is 3. The highest BCUT2D eigenvalue weighted by molar-refractivity contribution is 7.99. The van der Waals surface area contributed by atoms with Crippen LogP contribution >= 0.6 is 11.8 Å². The quantitative estimate of drug-likeness (QED) is 0.892. The molecular weight excluding hydrogens is 234 g/mol. The lowest BCUT2D eigenvalue weighted by Gasteiger charge is -2.12. The highest BCUT2D eigenvalue weighted by atomic mass is 32.2. The van der Waals surface area contributed by atoms with E-state index in [1.54, 1.807) is 11.0 Å². The number of thioether (sulfide) groups is 1. The zero-order valence-electron chi connectivity index (χ0n) is 9.28. The Morgan fingerprint density at radius 3 is 2.82 bits per heavy atom. The summed E-state index contributed by atoms with van der Waals surface area (Å²) in [5.41, 5.74) is 2.13. The van der Waals surface area contributed by atoms with Crippen LogP contribution in [-0.4, -0.2) is 37.8 Å². The number of hydrogen-bond acceptors (Lipinski definition) is 5. The SMILES string of the molecule is c1cc(-n2cnnn2)ccc1NC1CCSC1. The van der Waals surface area contributed by atoms with Gasteiger partial charge in [0.1, 0.15) is 6.33 Å². The highest BCUT2D eigenvalue weighted by Crippen LogP contribution is 2.21. The third-order valence-electron chi connectivity index (χ3n) is 2.78. The smallest absolute Gasteiger partial charge is 0.143 e. The minimum Gasteiger partial charge on any atom is -0.381 e. The van der Waals surface area contributed by atoms with Crippen molar-refractivity contribution >= 4 is 17.4 Å². The maximum absolute atomic E-state index is 3.85. The maximum atomic E-state index is 3.85. The van der Waals surface area contributed by atoms with Crippen molar-refractivity contribution < 1.29 is 0 Å². The van der Waals surface area contributed by atoms with Crippen molar-refractivity contribution in [1.82, 2.24) is 20.2 Å². The third-order valence-corrected chi connectivity index (χ3v) is 3.94. The molecule has 0 amide bonds. The first kappa shape index (κ1) is 10.6. The number of benzene rings is 1. The molecule has 0 aliphatic carbocycles. The number of aromatic nitrogens is 4. The summed E-state index contributed by atoms with van der Waals surface area (Å²) < 4.78 is 1.65. The van der Waals surface area contributed by atoms with E-state index < -0.39 is 0 Å². The van der Waals surface area contributed by atoms with Gasteiger partial charge in [0.15, 0.2) is 0 Å². The summed E-state index contributed by atoms with van der Waals surface area (Å²) in [4.78, 5) is 0. The van der Waals surface area contributed by atoms with Gasteiger partial charge >= 0.3 is 0 Å². The molecule has 1 aliphatic heterocycles. The lowest BCUT2D eigenvalue weighted by molar-refractivity contribution is 0.788. The average molecular weight is 247 g/mol. The summed E-state index contributed by atoms with van der Waals surface area (Å²) in [5.74, 6) is 2.47. The van der Waals surface area contributed by atoms with Crippen LogP contribution in [-0.2, 0) is 0 Å². The molecule has 3 rings (SSSR count). The summed E-state index contributed by atoms with van der Waals surface area (Å²) in [6.07, 6.45) is 2.84. The molecule has 1 aromatic heterocycles. The van der Waals surface area contributed by atoms with Gasteiger partial charge in [0.05, 0.1) is 5.69 Å². The lowest BCUT2D eigenvalue weighted by atomic mass is 10.2. The topological polar surface area (TPSA) is 55.6 Å². The molecule has 88 valence electrons. The van der Waals surface area contributed by atoms with E-state index in [1.807, 2.05) is 23.9 Å². The van der Waals surface area contributed by atoms with Crippen LogP contribution in [0.5, 0.6) is 0 Å². The van der Waals surface area contributed by atoms with Crippen LogP contribution in [0.25, 0.3) is 5.69 Å². The van der Waals surface area contributed by atoms with Gasteiger partial charge in [-0.2, -0.15) is 11.8 Å². The van der Waals surface area contributed by atoms with Crippen LogP contribution in [0.4, 0.5) is 5.69 Å². The molecule has 1 N–H and O–H groups in total. The van der Waals surface area contributed by atoms with Gasteiger partial charge in [-0.3, -0.25) is 0 Å². The first-order valence-corrected chi connectivity index (χ1v) is 6.75. The van der Waals surface area contributed by atoms with Crippen molar-refractivity contribution in [2.45, 2.75) is 12.5 Å². The Morgan fingerprint density at radius 2 is 2.18 bits per heavy atom. The zero-order chi connectivity index (χ0) is 11.5. The Labute approximate surface area is 104 Å². The van der Waals surface area contributed by atoms with Gasteiger partial charge in [-0.05, 0) is 46.9 Å². The molecule has 1 unspecified atom stereocenters. The van der Waals surface area contributed by atoms with Gasteiger partial charge in [0, 0.05) is 17.5 Å². The van der Waals surface area contributed by atoms with Gasteiger partial charge in [-0.25, -0.2) is 4.68 Å². The Morgan fingerprint density at radius 1 is 1.29 bits per heavy atom. The molecule has 0 radical (unpaired) electrons. The summed E-state index contributed by atoms with van der Waals surface area (Å²) in [6, 6.07) is 8.78. The Kier molecular flexibility index (Phi) is 2.96. The van der Waals surface area contributed by atoms with Crippen molar-refractivity contribution in [3.63, 3.8) is 0 Å². The summed E-state index contributed by atoms with van der Waals surface area (Å²) >= 11 is 2.01. The van der Waals surface area contributed by atoms with Gasteiger partial charge in [-0.1, -0.05) is 0 Å². The van der Waals surface area contributed by atoms with Crippen LogP contribution in [0, 0.1) is 0 Å². The molecule has 6 heteroatoms. The molecular formula is C11H13N5S. The van der Waals surface area contributed by atoms with Crippen molar-refractivity contribution in [2.75, 3.05) is 16.8 Å². The second-order valence-corrected chi connectivity index (χ2v) is 5.16. The van der Waals surface area contributed by atoms with Gasteiger partial charge in [0.2, 0.25) is 0 Å². The molecule has 0 saturated carbocycles. The number of nitrogens with one attached hydrogen (secondary N) is 1. The Bertz CT molecular complexity index is 461. The van der Waals surface area contributed by atoms with E-state index in [9.17, 15) is 0 Å². The van der Waals surface area contributed by atoms with E-state index in [-0.39, 0.29) is 0 Å². The molecule has 1 saturated heterocycles. The Hall–Kier alpha value is -1.56. The van der Waals surface area contributed by atoms with Crippen molar-refractivity contribution in [2.24, 2.45) is 0 Å². The molecule has 2 heterocycles. The van der Waals surface area contributed by atoms with E-state index in [2.05, 4.69) is 33.0 Å². The number of anilines is 1. The van der Waals surface area contributed by atoms with Crippen LogP contribution in [0.15, 0.2) is 30.6 Å². The van der Waals surface area contributed by atoms with Crippen molar-refractivity contribution in [3.05, 3.63) is 30.6 Å². The van der Waals surface area contributed by atoms with Crippen LogP contribution < -0.4 is 5.32 Å². The normalized spacial score (nSPS) is 19.4. The molecule has 0 bridgehead atoms. The fourth-order valence-corrected chi connectivity index (χ4v) is 3.03. The molecule has 0 spiro atoms. The summed E-state index contributed by atoms with van der Waals surface area (Å²) in [6.45, 7) is 0. The fraction of sp³-hybridized carbons (Fsp3) is 0.364. The largest absolute Gasteiger partial charge is 0.381 e. The van der Waals surface area contributed by atoms with E-state index in [0.29, 0.717) is 6.04 Å². The van der Waals surface area contributed by atoms with E-state index in [1.165, 1.54) is 17.9 Å². The molecule has 5 nitrogen and oxygen atoms in total. The molecule has 1 aliphatic rings. The molecule has 1 fully saturated rings. The van der Waals surface area contributed by atoms with Gasteiger partial charge in [0.25, 0.3) is 0 Å². The van der Waals surface area contributed by atoms with E-state index >= 15 is 0 Å². The molecule has 2 aromatic rings. The molecule has 1 aromatic carbocycles. The summed E-state index contributed by atoms with van der Waals surface area (Å²) in [7, 11) is 0. The standard InChI is InChI=1S/C11H13N5S/c1-3-11(16-8-12-14-15-16)4-2-9(1)13-10-5-6-17-7-10/h1-4,8,10,13H,5-7H2.